The van der Waals surface area contributed by atoms with E-state index in [9.17, 15) is 22.0 Å². The van der Waals surface area contributed by atoms with E-state index < -0.39 is 18.7 Å². The zero-order valence-corrected chi connectivity index (χ0v) is 10.9. The van der Waals surface area contributed by atoms with E-state index in [-0.39, 0.29) is 5.88 Å². The van der Waals surface area contributed by atoms with Crippen LogP contribution >= 0.6 is 0 Å². The maximum absolute atomic E-state index is 12.8. The number of rotatable bonds is 6. The fourth-order valence-electron chi connectivity index (χ4n) is 1.45. The second-order valence-corrected chi connectivity index (χ2v) is 4.00. The van der Waals surface area contributed by atoms with Crippen molar-refractivity contribution in [2.45, 2.75) is 31.9 Å². The molecule has 1 aromatic rings. The van der Waals surface area contributed by atoms with Gasteiger partial charge in [0.1, 0.15) is 12.1 Å². The molecule has 1 rings (SSSR count). The number of nitrogens with zero attached hydrogens (tertiary/aromatic N) is 2. The van der Waals surface area contributed by atoms with E-state index in [2.05, 4.69) is 20.0 Å². The maximum atomic E-state index is 12.8. The molecule has 0 fully saturated rings. The molecule has 0 aromatic carbocycles. The summed E-state index contributed by atoms with van der Waals surface area (Å²) >= 11 is 0. The van der Waals surface area contributed by atoms with Gasteiger partial charge in [0.2, 0.25) is 5.88 Å². The fraction of sp³-hybridized carbons (Fsp3) is 0.636. The quantitative estimate of drug-likeness (QED) is 0.820. The Balaban J connectivity index is 2.93. The van der Waals surface area contributed by atoms with Gasteiger partial charge in [-0.2, -0.15) is 22.0 Å². The lowest BCUT2D eigenvalue weighted by Gasteiger charge is -2.20. The van der Waals surface area contributed by atoms with E-state index in [0.717, 1.165) is 6.33 Å². The average Bonchev–Trinajstić information content (AvgIpc) is 2.36. The highest BCUT2D eigenvalue weighted by molar-refractivity contribution is 5.48. The van der Waals surface area contributed by atoms with Gasteiger partial charge in [-0.3, -0.25) is 0 Å². The fourth-order valence-corrected chi connectivity index (χ4v) is 1.45. The highest BCUT2D eigenvalue weighted by Gasteiger charge is 2.58. The van der Waals surface area contributed by atoms with Crippen LogP contribution in [0.2, 0.25) is 0 Å². The Morgan fingerprint density at radius 3 is 2.35 bits per heavy atom. The van der Waals surface area contributed by atoms with Gasteiger partial charge in [-0.1, -0.05) is 13.3 Å². The number of hydrogen-bond donors (Lipinski definition) is 1. The highest BCUT2D eigenvalue weighted by Crippen LogP contribution is 2.36. The SMILES string of the molecule is CCCc1c(NC)ncnc1OCC(F)(F)C(F)(F)F. The first-order valence-corrected chi connectivity index (χ1v) is 5.82. The summed E-state index contributed by atoms with van der Waals surface area (Å²) < 4.78 is 66.3. The number of ether oxygens (including phenoxy) is 1. The second kappa shape index (κ2) is 6.19. The molecule has 0 radical (unpaired) electrons. The Morgan fingerprint density at radius 2 is 1.85 bits per heavy atom. The van der Waals surface area contributed by atoms with Gasteiger partial charge >= 0.3 is 12.1 Å². The lowest BCUT2D eigenvalue weighted by Crippen LogP contribution is -2.42. The molecule has 0 spiro atoms. The van der Waals surface area contributed by atoms with Crippen molar-refractivity contribution < 1.29 is 26.7 Å². The number of alkyl halides is 5. The van der Waals surface area contributed by atoms with Crippen molar-refractivity contribution in [3.63, 3.8) is 0 Å². The molecule has 9 heteroatoms. The van der Waals surface area contributed by atoms with Crippen LogP contribution in [-0.2, 0) is 6.42 Å². The molecule has 0 aliphatic heterocycles. The van der Waals surface area contributed by atoms with Crippen molar-refractivity contribution in [3.8, 4) is 5.88 Å². The molecule has 1 heterocycles. The van der Waals surface area contributed by atoms with Crippen LogP contribution in [0.25, 0.3) is 0 Å². The smallest absolute Gasteiger partial charge is 0.456 e. The first kappa shape index (κ1) is 16.4. The van der Waals surface area contributed by atoms with Gasteiger partial charge < -0.3 is 10.1 Å². The van der Waals surface area contributed by atoms with E-state index in [0.29, 0.717) is 24.2 Å². The predicted molar refractivity (Wildman–Crippen MR) is 62.1 cm³/mol. The van der Waals surface area contributed by atoms with Crippen molar-refractivity contribution >= 4 is 5.82 Å². The third kappa shape index (κ3) is 3.67. The van der Waals surface area contributed by atoms with Crippen LogP contribution in [0.3, 0.4) is 0 Å². The summed E-state index contributed by atoms with van der Waals surface area (Å²) in [7, 11) is 1.55. The Kier molecular flexibility index (Phi) is 5.07. The molecule has 0 aliphatic carbocycles. The first-order valence-electron chi connectivity index (χ1n) is 5.82. The van der Waals surface area contributed by atoms with Crippen LogP contribution in [0.1, 0.15) is 18.9 Å². The van der Waals surface area contributed by atoms with Crippen LogP contribution in [0.4, 0.5) is 27.8 Å². The van der Waals surface area contributed by atoms with E-state index in [1.807, 2.05) is 6.92 Å². The van der Waals surface area contributed by atoms with Crippen LogP contribution < -0.4 is 10.1 Å². The summed E-state index contributed by atoms with van der Waals surface area (Å²) in [6.45, 7) is 0.00786. The van der Waals surface area contributed by atoms with E-state index in [4.69, 9.17) is 0 Å². The Labute approximate surface area is 112 Å². The molecule has 0 atom stereocenters. The van der Waals surface area contributed by atoms with Crippen LogP contribution in [0.5, 0.6) is 5.88 Å². The molecule has 0 aliphatic rings. The molecule has 0 unspecified atom stereocenters. The molecule has 4 nitrogen and oxygen atoms in total. The number of hydrogen-bond acceptors (Lipinski definition) is 4. The minimum absolute atomic E-state index is 0.268. The van der Waals surface area contributed by atoms with Crippen molar-refractivity contribution in [1.82, 2.24) is 9.97 Å². The van der Waals surface area contributed by atoms with Gasteiger partial charge in [0.25, 0.3) is 0 Å². The van der Waals surface area contributed by atoms with Crippen molar-refractivity contribution in [3.05, 3.63) is 11.9 Å². The summed E-state index contributed by atoms with van der Waals surface area (Å²) in [4.78, 5) is 7.47. The molecular weight excluding hydrogens is 285 g/mol. The first-order chi connectivity index (χ1) is 9.23. The zero-order valence-electron chi connectivity index (χ0n) is 10.9. The third-order valence-corrected chi connectivity index (χ3v) is 2.45. The Bertz CT molecular complexity index is 450. The van der Waals surface area contributed by atoms with Gasteiger partial charge in [-0.15, -0.1) is 0 Å². The van der Waals surface area contributed by atoms with E-state index in [1.165, 1.54) is 0 Å². The number of halogens is 5. The molecule has 0 amide bonds. The van der Waals surface area contributed by atoms with Crippen molar-refractivity contribution in [2.24, 2.45) is 0 Å². The lowest BCUT2D eigenvalue weighted by atomic mass is 10.2. The lowest BCUT2D eigenvalue weighted by molar-refractivity contribution is -0.290. The summed E-state index contributed by atoms with van der Waals surface area (Å²) in [5, 5.41) is 2.71. The van der Waals surface area contributed by atoms with Crippen molar-refractivity contribution in [2.75, 3.05) is 19.0 Å². The molecule has 1 N–H and O–H groups in total. The number of aromatic nitrogens is 2. The Morgan fingerprint density at radius 1 is 1.20 bits per heavy atom. The van der Waals surface area contributed by atoms with Gasteiger partial charge in [0.15, 0.2) is 6.61 Å². The average molecular weight is 299 g/mol. The van der Waals surface area contributed by atoms with E-state index in [1.54, 1.807) is 7.05 Å². The topological polar surface area (TPSA) is 47.0 Å². The minimum Gasteiger partial charge on any atom is -0.471 e. The number of nitrogens with one attached hydrogen (secondary N) is 1. The maximum Gasteiger partial charge on any atom is 0.456 e. The molecule has 20 heavy (non-hydrogen) atoms. The van der Waals surface area contributed by atoms with Gasteiger partial charge in [0, 0.05) is 7.05 Å². The van der Waals surface area contributed by atoms with Crippen molar-refractivity contribution in [1.29, 1.82) is 0 Å². The largest absolute Gasteiger partial charge is 0.471 e. The summed E-state index contributed by atoms with van der Waals surface area (Å²) in [5.74, 6) is -4.86. The minimum atomic E-state index is -5.66. The summed E-state index contributed by atoms with van der Waals surface area (Å²) in [6, 6.07) is 0. The summed E-state index contributed by atoms with van der Waals surface area (Å²) in [5.41, 5.74) is 0.371. The standard InChI is InChI=1S/C11H14F5N3O/c1-3-4-7-8(17-2)18-6-19-9(7)20-5-10(12,13)11(14,15)16/h6H,3-5H2,1-2H3,(H,17,18,19). The van der Waals surface area contributed by atoms with Gasteiger partial charge in [-0.05, 0) is 6.42 Å². The molecular formula is C11H14F5N3O. The Hall–Kier alpha value is -1.67. The van der Waals surface area contributed by atoms with E-state index >= 15 is 0 Å². The summed E-state index contributed by atoms with van der Waals surface area (Å²) in [6.07, 6.45) is -3.60. The molecule has 0 bridgehead atoms. The zero-order chi connectivity index (χ0) is 15.4. The molecule has 0 saturated heterocycles. The monoisotopic (exact) mass is 299 g/mol. The number of anilines is 1. The predicted octanol–water partition coefficient (Wildman–Crippen LogP) is 3.05. The third-order valence-electron chi connectivity index (χ3n) is 2.45. The molecule has 0 saturated carbocycles. The second-order valence-electron chi connectivity index (χ2n) is 4.00. The van der Waals surface area contributed by atoms with Crippen LogP contribution in [0.15, 0.2) is 6.33 Å². The highest BCUT2D eigenvalue weighted by atomic mass is 19.4. The van der Waals surface area contributed by atoms with Gasteiger partial charge in [-0.25, -0.2) is 9.97 Å². The van der Waals surface area contributed by atoms with Crippen LogP contribution in [0, 0.1) is 0 Å². The normalized spacial score (nSPS) is 12.3. The molecule has 114 valence electrons. The molecule has 1 aromatic heterocycles. The van der Waals surface area contributed by atoms with Crippen LogP contribution in [-0.4, -0.2) is 35.7 Å². The van der Waals surface area contributed by atoms with Gasteiger partial charge in [0.05, 0.1) is 5.56 Å².